The van der Waals surface area contributed by atoms with E-state index in [0.717, 1.165) is 41.5 Å². The van der Waals surface area contributed by atoms with Gasteiger partial charge in [0.25, 0.3) is 11.8 Å². The van der Waals surface area contributed by atoms with Gasteiger partial charge >= 0.3 is 6.18 Å². The molecular weight excluding hydrogens is 924 g/mol. The number of benzene rings is 2. The number of thiophene rings is 1. The number of amides is 4. The van der Waals surface area contributed by atoms with Crippen molar-refractivity contribution in [3.63, 3.8) is 0 Å². The molecule has 5 aromatic rings. The quantitative estimate of drug-likeness (QED) is 0.131. The maximum Gasteiger partial charge on any atom is 0.433 e. The van der Waals surface area contributed by atoms with Crippen LogP contribution < -0.4 is 14.6 Å². The zero-order chi connectivity index (χ0) is 43.8. The number of aromatic hydroxyl groups is 1. The molecule has 12 nitrogen and oxygen atoms in total. The van der Waals surface area contributed by atoms with Gasteiger partial charge in [0, 0.05) is 45.8 Å². The number of phenolic OH excluding ortho intramolecular Hbond substituents is 1. The molecule has 4 amide bonds. The van der Waals surface area contributed by atoms with Gasteiger partial charge in [-0.25, -0.2) is 9.88 Å². The topological polar surface area (TPSA) is 138 Å². The molecule has 0 bridgehead atoms. The second-order valence-corrected chi connectivity index (χ2v) is 18.7. The number of hydrogen-bond donors (Lipinski definition) is 1. The summed E-state index contributed by atoms with van der Waals surface area (Å²) in [6, 6.07) is 12.2. The summed E-state index contributed by atoms with van der Waals surface area (Å²) in [7, 11) is 4.25. The van der Waals surface area contributed by atoms with Crippen molar-refractivity contribution in [3.8, 4) is 22.1 Å². The lowest BCUT2D eigenvalue weighted by atomic mass is 9.51. The van der Waals surface area contributed by atoms with Crippen molar-refractivity contribution >= 4 is 95.8 Å². The number of aromatic nitrogens is 3. The Labute approximate surface area is 368 Å². The van der Waals surface area contributed by atoms with Gasteiger partial charge in [-0.3, -0.25) is 28.9 Å². The normalized spacial score (nSPS) is 25.0. The molecule has 316 valence electrons. The first-order valence-electron chi connectivity index (χ1n) is 19.0. The van der Waals surface area contributed by atoms with Crippen LogP contribution in [-0.4, -0.2) is 62.7 Å². The number of ether oxygens (including phenoxy) is 1. The lowest BCUT2D eigenvalue weighted by molar-refractivity contribution is -0.141. The van der Waals surface area contributed by atoms with Crippen LogP contribution in [0.25, 0.3) is 20.7 Å². The summed E-state index contributed by atoms with van der Waals surface area (Å²) < 4.78 is 49.7. The molecule has 3 aromatic heterocycles. The average molecular weight is 959 g/mol. The molecule has 0 unspecified atom stereocenters. The molecule has 4 aliphatic rings. The van der Waals surface area contributed by atoms with Crippen LogP contribution in [0.3, 0.4) is 0 Å². The maximum absolute atomic E-state index is 15.3. The number of aryl methyl sites for hydroxylation is 2. The summed E-state index contributed by atoms with van der Waals surface area (Å²) >= 11 is 17.6. The Bertz CT molecular complexity index is 2810. The van der Waals surface area contributed by atoms with E-state index in [0.29, 0.717) is 26.8 Å². The number of hydrogen-bond acceptors (Lipinski definition) is 10. The molecule has 61 heavy (non-hydrogen) atoms. The number of halogens is 6. The molecule has 19 heteroatoms. The number of nitrogens with zero attached hydrogens (tertiary/aromatic N) is 6. The standard InChI is InChI=1S/C42H34BrCl2F3N6O6S/c1-17-22-14-19(44)6-10-29(22)61-35(17)27-16-31(51(3)50-27)53-38(57)25-15-23-20(33(41(25,2)40(53)59)24-12-18(43)13-28(60-5)34(24)55)7-8-21-32(23)39(58)54(37(21)56)52(4)36-26(45)9-11-30(49-36)42(46,47)48/h6-7,9-14,16,21,23,25,32-33,55H,8,15H2,1-5H3/t21-,23+,25-,32-,33+,41+/m0/s1. The number of hydrazine groups is 1. The van der Waals surface area contributed by atoms with Crippen molar-refractivity contribution < 1.29 is 42.2 Å². The van der Waals surface area contributed by atoms with Gasteiger partial charge in [0.1, 0.15) is 17.2 Å². The van der Waals surface area contributed by atoms with Crippen LogP contribution in [0.5, 0.6) is 11.5 Å². The van der Waals surface area contributed by atoms with E-state index in [9.17, 15) is 27.9 Å². The largest absolute Gasteiger partial charge is 0.504 e. The first-order valence-corrected chi connectivity index (χ1v) is 21.4. The van der Waals surface area contributed by atoms with Crippen LogP contribution in [0.15, 0.2) is 64.7 Å². The van der Waals surface area contributed by atoms with E-state index in [1.165, 1.54) is 30.2 Å². The molecule has 2 aromatic carbocycles. The summed E-state index contributed by atoms with van der Waals surface area (Å²) in [5.74, 6) is -7.91. The van der Waals surface area contributed by atoms with E-state index in [4.69, 9.17) is 33.0 Å². The van der Waals surface area contributed by atoms with Crippen molar-refractivity contribution in [2.75, 3.05) is 24.1 Å². The minimum Gasteiger partial charge on any atom is -0.504 e. The lowest BCUT2D eigenvalue weighted by Crippen LogP contribution is -2.49. The highest BCUT2D eigenvalue weighted by Crippen LogP contribution is 2.65. The van der Waals surface area contributed by atoms with E-state index in [1.807, 2.05) is 19.1 Å². The van der Waals surface area contributed by atoms with Crippen molar-refractivity contribution in [1.82, 2.24) is 19.8 Å². The molecule has 6 atom stereocenters. The highest BCUT2D eigenvalue weighted by molar-refractivity contribution is 9.10. The number of phenols is 1. The summed E-state index contributed by atoms with van der Waals surface area (Å²) in [5.41, 5.74) is -0.527. The number of methoxy groups -OCH3 is 1. The van der Waals surface area contributed by atoms with Gasteiger partial charge < -0.3 is 9.84 Å². The van der Waals surface area contributed by atoms with Crippen LogP contribution in [0, 0.1) is 36.0 Å². The third-order valence-corrected chi connectivity index (χ3v) is 15.1. The SMILES string of the molecule is COc1cc(Br)cc([C@H]2C3=CC[C@@H]4C(=O)N(N(C)c5nc(C(F)(F)F)ccc5Cl)C(=O)[C@@H]4[C@@H]3C[C@H]3C(=O)N(c4cc(-c5sc6ccc(Cl)cc6c5C)nn4C)C(=O)[C@@]23C)c1O. The third-order valence-electron chi connectivity index (χ3n) is 12.8. The van der Waals surface area contributed by atoms with E-state index >= 15 is 9.59 Å². The minimum absolute atomic E-state index is 0.0228. The van der Waals surface area contributed by atoms with Crippen LogP contribution in [0.2, 0.25) is 10.0 Å². The molecule has 1 saturated carbocycles. The van der Waals surface area contributed by atoms with E-state index in [1.54, 1.807) is 44.3 Å². The molecule has 3 fully saturated rings. The van der Waals surface area contributed by atoms with Crippen molar-refractivity contribution in [3.05, 3.63) is 91.5 Å². The second kappa shape index (κ2) is 14.3. The fraction of sp³-hybridized carbons (Fsp3) is 0.333. The molecular formula is C42H34BrCl2F3N6O6S. The van der Waals surface area contributed by atoms with Crippen LogP contribution in [0.4, 0.5) is 24.8 Å². The number of pyridine rings is 1. The average Bonchev–Trinajstić information content (AvgIpc) is 3.88. The first kappa shape index (κ1) is 41.4. The van der Waals surface area contributed by atoms with Gasteiger partial charge in [0.15, 0.2) is 17.3 Å². The number of carbonyl (C=O) groups is 4. The Morgan fingerprint density at radius 3 is 2.48 bits per heavy atom. The molecule has 1 N–H and O–H groups in total. The van der Waals surface area contributed by atoms with Gasteiger partial charge in [0.2, 0.25) is 11.8 Å². The first-order chi connectivity index (χ1) is 28.8. The third kappa shape index (κ3) is 6.04. The zero-order valence-electron chi connectivity index (χ0n) is 32.8. The number of imide groups is 2. The minimum atomic E-state index is -4.83. The summed E-state index contributed by atoms with van der Waals surface area (Å²) in [6.45, 7) is 3.63. The molecule has 2 aliphatic carbocycles. The molecule has 2 aliphatic heterocycles. The molecule has 0 spiro atoms. The Hall–Kier alpha value is -4.97. The van der Waals surface area contributed by atoms with Crippen LogP contribution in [0.1, 0.15) is 42.5 Å². The highest BCUT2D eigenvalue weighted by atomic mass is 79.9. The van der Waals surface area contributed by atoms with E-state index in [2.05, 4.69) is 20.9 Å². The highest BCUT2D eigenvalue weighted by Gasteiger charge is 2.68. The summed E-state index contributed by atoms with van der Waals surface area (Å²) in [5, 5.41) is 19.5. The van der Waals surface area contributed by atoms with Crippen LogP contribution >= 0.6 is 50.5 Å². The summed E-state index contributed by atoms with van der Waals surface area (Å²) in [4.78, 5) is 64.8. The van der Waals surface area contributed by atoms with Gasteiger partial charge in [-0.05, 0) is 86.0 Å². The Balaban J connectivity index is 1.15. The molecule has 2 saturated heterocycles. The van der Waals surface area contributed by atoms with Crippen molar-refractivity contribution in [2.45, 2.75) is 38.8 Å². The van der Waals surface area contributed by atoms with Crippen LogP contribution in [-0.2, 0) is 32.4 Å². The number of alkyl halides is 3. The van der Waals surface area contributed by atoms with Crippen molar-refractivity contribution in [2.24, 2.45) is 36.1 Å². The fourth-order valence-electron chi connectivity index (χ4n) is 9.95. The molecule has 0 radical (unpaired) electrons. The fourth-order valence-corrected chi connectivity index (χ4v) is 12.0. The number of rotatable bonds is 6. The Morgan fingerprint density at radius 2 is 1.77 bits per heavy atom. The number of carbonyl (C=O) groups excluding carboxylic acids is 4. The molecule has 5 heterocycles. The Kier molecular flexibility index (Phi) is 9.69. The van der Waals surface area contributed by atoms with Crippen molar-refractivity contribution in [1.29, 1.82) is 0 Å². The van der Waals surface area contributed by atoms with E-state index < -0.39 is 76.3 Å². The van der Waals surface area contributed by atoms with E-state index in [-0.39, 0.29) is 40.7 Å². The Morgan fingerprint density at radius 1 is 1.03 bits per heavy atom. The lowest BCUT2D eigenvalue weighted by Gasteiger charge is -2.49. The predicted molar refractivity (Wildman–Crippen MR) is 225 cm³/mol. The summed E-state index contributed by atoms with van der Waals surface area (Å²) in [6.07, 6.45) is -3.06. The number of anilines is 2. The monoisotopic (exact) mass is 956 g/mol. The second-order valence-electron chi connectivity index (χ2n) is 15.9. The van der Waals surface area contributed by atoms with Gasteiger partial charge in [-0.15, -0.1) is 11.3 Å². The smallest absolute Gasteiger partial charge is 0.433 e. The zero-order valence-corrected chi connectivity index (χ0v) is 36.8. The number of allylic oxidation sites excluding steroid dienone is 2. The predicted octanol–water partition coefficient (Wildman–Crippen LogP) is 9.09. The van der Waals surface area contributed by atoms with Gasteiger partial charge in [-0.2, -0.15) is 23.3 Å². The molecule has 9 rings (SSSR count). The van der Waals surface area contributed by atoms with Gasteiger partial charge in [0.05, 0.1) is 40.2 Å². The number of fused-ring (bicyclic) bond motifs is 5. The van der Waals surface area contributed by atoms with Gasteiger partial charge in [-0.1, -0.05) is 50.8 Å². The maximum atomic E-state index is 15.3.